The third kappa shape index (κ3) is 3.74. The molecule has 2 unspecified atom stereocenters. The first-order chi connectivity index (χ1) is 7.88. The maximum Gasteiger partial charge on any atom is 0.0494 e. The molecule has 2 atom stereocenters. The fourth-order valence-electron chi connectivity index (χ4n) is 3.29. The molecule has 1 heterocycles. The molecule has 0 radical (unpaired) electrons. The summed E-state index contributed by atoms with van der Waals surface area (Å²) in [6.07, 6.45) is 8.56. The first kappa shape index (κ1) is 12.4. The molecular formula is C14H27NO. The average Bonchev–Trinajstić information content (AvgIpc) is 2.75. The molecule has 1 saturated carbocycles. The summed E-state index contributed by atoms with van der Waals surface area (Å²) in [7, 11) is 0. The van der Waals surface area contributed by atoms with Crippen LogP contribution in [0, 0.1) is 11.8 Å². The average molecular weight is 225 g/mol. The van der Waals surface area contributed by atoms with Crippen LogP contribution in [0.5, 0.6) is 0 Å². The van der Waals surface area contributed by atoms with Gasteiger partial charge in [0, 0.05) is 19.8 Å². The van der Waals surface area contributed by atoms with Crippen molar-refractivity contribution in [2.45, 2.75) is 45.4 Å². The van der Waals surface area contributed by atoms with E-state index >= 15 is 0 Å². The van der Waals surface area contributed by atoms with Crippen LogP contribution < -0.4 is 0 Å². The van der Waals surface area contributed by atoms with Gasteiger partial charge in [0.25, 0.3) is 0 Å². The lowest BCUT2D eigenvalue weighted by atomic mass is 10.0. The Morgan fingerprint density at radius 2 is 1.81 bits per heavy atom. The van der Waals surface area contributed by atoms with E-state index in [0.717, 1.165) is 25.0 Å². The topological polar surface area (TPSA) is 12.5 Å². The van der Waals surface area contributed by atoms with E-state index in [-0.39, 0.29) is 0 Å². The predicted molar refractivity (Wildman–Crippen MR) is 67.6 cm³/mol. The van der Waals surface area contributed by atoms with Crippen LogP contribution in [0.1, 0.15) is 45.4 Å². The van der Waals surface area contributed by atoms with Crippen molar-refractivity contribution in [3.8, 4) is 0 Å². The number of nitrogens with zero attached hydrogens (tertiary/aromatic N) is 1. The van der Waals surface area contributed by atoms with Gasteiger partial charge in [-0.05, 0) is 64.0 Å². The van der Waals surface area contributed by atoms with Crippen LogP contribution in [-0.4, -0.2) is 37.7 Å². The lowest BCUT2D eigenvalue weighted by Gasteiger charge is -2.29. The zero-order valence-electron chi connectivity index (χ0n) is 10.8. The maximum atomic E-state index is 5.54. The van der Waals surface area contributed by atoms with E-state index in [1.165, 1.54) is 58.2 Å². The highest BCUT2D eigenvalue weighted by Gasteiger charge is 2.26. The normalized spacial score (nSPS) is 32.1. The Hall–Kier alpha value is -0.0800. The van der Waals surface area contributed by atoms with E-state index in [2.05, 4.69) is 11.8 Å². The van der Waals surface area contributed by atoms with E-state index in [1.807, 2.05) is 0 Å². The molecular weight excluding hydrogens is 198 g/mol. The predicted octanol–water partition coefficient (Wildman–Crippen LogP) is 2.93. The van der Waals surface area contributed by atoms with Crippen LogP contribution in [-0.2, 0) is 4.74 Å². The van der Waals surface area contributed by atoms with Crippen molar-refractivity contribution in [3.63, 3.8) is 0 Å². The molecule has 0 aromatic heterocycles. The highest BCUT2D eigenvalue weighted by atomic mass is 16.5. The first-order valence-corrected chi connectivity index (χ1v) is 7.18. The fourth-order valence-corrected chi connectivity index (χ4v) is 3.29. The Morgan fingerprint density at radius 1 is 1.06 bits per heavy atom. The second kappa shape index (κ2) is 6.61. The lowest BCUT2D eigenvalue weighted by Crippen LogP contribution is -2.33. The van der Waals surface area contributed by atoms with Gasteiger partial charge in [0.05, 0.1) is 0 Å². The molecule has 1 aliphatic heterocycles. The molecule has 2 rings (SSSR count). The third-order valence-electron chi connectivity index (χ3n) is 4.17. The minimum atomic E-state index is 0.856. The van der Waals surface area contributed by atoms with Crippen molar-refractivity contribution >= 4 is 0 Å². The summed E-state index contributed by atoms with van der Waals surface area (Å²) >= 11 is 0. The zero-order chi connectivity index (χ0) is 11.2. The molecule has 16 heavy (non-hydrogen) atoms. The summed E-state index contributed by atoms with van der Waals surface area (Å²) in [5.74, 6) is 1.82. The van der Waals surface area contributed by atoms with Crippen molar-refractivity contribution in [2.24, 2.45) is 11.8 Å². The van der Waals surface area contributed by atoms with Gasteiger partial charge in [0.2, 0.25) is 0 Å². The molecule has 0 aromatic carbocycles. The summed E-state index contributed by atoms with van der Waals surface area (Å²) < 4.78 is 5.54. The first-order valence-electron chi connectivity index (χ1n) is 7.18. The molecule has 2 fully saturated rings. The van der Waals surface area contributed by atoms with Crippen LogP contribution in [0.3, 0.4) is 0 Å². The summed E-state index contributed by atoms with van der Waals surface area (Å²) in [5, 5.41) is 0. The SMILES string of the molecule is CCOCC1CCC(CN2CCCCC2)C1. The Bertz CT molecular complexity index is 189. The van der Waals surface area contributed by atoms with Crippen molar-refractivity contribution in [1.29, 1.82) is 0 Å². The number of likely N-dealkylation sites (tertiary alicyclic amines) is 1. The zero-order valence-corrected chi connectivity index (χ0v) is 10.8. The van der Waals surface area contributed by atoms with Crippen molar-refractivity contribution in [1.82, 2.24) is 4.90 Å². The standard InChI is InChI=1S/C14H27NO/c1-2-16-12-14-7-6-13(10-14)11-15-8-4-3-5-9-15/h13-14H,2-12H2,1H3. The number of hydrogen-bond donors (Lipinski definition) is 0. The number of ether oxygens (including phenoxy) is 1. The van der Waals surface area contributed by atoms with Crippen LogP contribution in [0.25, 0.3) is 0 Å². The second-order valence-electron chi connectivity index (χ2n) is 5.57. The number of piperidine rings is 1. The quantitative estimate of drug-likeness (QED) is 0.713. The second-order valence-corrected chi connectivity index (χ2v) is 5.57. The molecule has 1 saturated heterocycles. The third-order valence-corrected chi connectivity index (χ3v) is 4.17. The number of rotatable bonds is 5. The van der Waals surface area contributed by atoms with Crippen molar-refractivity contribution in [3.05, 3.63) is 0 Å². The van der Waals surface area contributed by atoms with Gasteiger partial charge in [-0.15, -0.1) is 0 Å². The highest BCUT2D eigenvalue weighted by molar-refractivity contribution is 4.79. The maximum absolute atomic E-state index is 5.54. The molecule has 0 aromatic rings. The summed E-state index contributed by atoms with van der Waals surface area (Å²) in [5.41, 5.74) is 0. The lowest BCUT2D eigenvalue weighted by molar-refractivity contribution is 0.109. The molecule has 2 aliphatic rings. The van der Waals surface area contributed by atoms with Gasteiger partial charge in [-0.2, -0.15) is 0 Å². The fraction of sp³-hybridized carbons (Fsp3) is 1.00. The Labute approximate surface area is 100 Å². The molecule has 0 bridgehead atoms. The van der Waals surface area contributed by atoms with Gasteiger partial charge < -0.3 is 9.64 Å². The van der Waals surface area contributed by atoms with Gasteiger partial charge in [0.1, 0.15) is 0 Å². The molecule has 0 spiro atoms. The molecule has 2 nitrogen and oxygen atoms in total. The van der Waals surface area contributed by atoms with E-state index in [0.29, 0.717) is 0 Å². The molecule has 94 valence electrons. The van der Waals surface area contributed by atoms with E-state index in [1.54, 1.807) is 0 Å². The van der Waals surface area contributed by atoms with Gasteiger partial charge in [-0.25, -0.2) is 0 Å². The molecule has 0 N–H and O–H groups in total. The summed E-state index contributed by atoms with van der Waals surface area (Å²) in [6, 6.07) is 0. The van der Waals surface area contributed by atoms with Crippen molar-refractivity contribution in [2.75, 3.05) is 32.8 Å². The van der Waals surface area contributed by atoms with Crippen molar-refractivity contribution < 1.29 is 4.74 Å². The monoisotopic (exact) mass is 225 g/mol. The van der Waals surface area contributed by atoms with Gasteiger partial charge in [-0.3, -0.25) is 0 Å². The van der Waals surface area contributed by atoms with E-state index in [9.17, 15) is 0 Å². The van der Waals surface area contributed by atoms with E-state index in [4.69, 9.17) is 4.74 Å². The van der Waals surface area contributed by atoms with Gasteiger partial charge >= 0.3 is 0 Å². The molecule has 2 heteroatoms. The minimum absolute atomic E-state index is 0.856. The van der Waals surface area contributed by atoms with Gasteiger partial charge in [-0.1, -0.05) is 6.42 Å². The van der Waals surface area contributed by atoms with Crippen LogP contribution in [0.15, 0.2) is 0 Å². The molecule has 1 aliphatic carbocycles. The Morgan fingerprint density at radius 3 is 2.56 bits per heavy atom. The Balaban J connectivity index is 1.63. The molecule has 0 amide bonds. The van der Waals surface area contributed by atoms with Crippen LogP contribution in [0.2, 0.25) is 0 Å². The summed E-state index contributed by atoms with van der Waals surface area (Å²) in [6.45, 7) is 8.06. The van der Waals surface area contributed by atoms with E-state index < -0.39 is 0 Å². The number of hydrogen-bond acceptors (Lipinski definition) is 2. The van der Waals surface area contributed by atoms with Crippen LogP contribution in [0.4, 0.5) is 0 Å². The smallest absolute Gasteiger partial charge is 0.0494 e. The minimum Gasteiger partial charge on any atom is -0.381 e. The largest absolute Gasteiger partial charge is 0.381 e. The summed E-state index contributed by atoms with van der Waals surface area (Å²) in [4.78, 5) is 2.69. The van der Waals surface area contributed by atoms with Gasteiger partial charge in [0.15, 0.2) is 0 Å². The Kier molecular flexibility index (Phi) is 5.11. The van der Waals surface area contributed by atoms with Crippen LogP contribution >= 0.6 is 0 Å². The highest BCUT2D eigenvalue weighted by Crippen LogP contribution is 2.32.